The van der Waals surface area contributed by atoms with Crippen molar-refractivity contribution >= 4 is 34.4 Å². The fourth-order valence-electron chi connectivity index (χ4n) is 4.61. The van der Waals surface area contributed by atoms with E-state index in [1.165, 1.54) is 18.5 Å². The molecule has 3 aromatic carbocycles. The Hall–Kier alpha value is -4.99. The highest BCUT2D eigenvalue weighted by Gasteiger charge is 2.23. The minimum Gasteiger partial charge on any atom is -0.443 e. The number of nitrogens with zero attached hydrogens (tertiary/aromatic N) is 3. The minimum atomic E-state index is -0.616. The van der Waals surface area contributed by atoms with E-state index in [1.54, 1.807) is 35.1 Å². The van der Waals surface area contributed by atoms with Gasteiger partial charge in [-0.15, -0.1) is 0 Å². The molecule has 196 valence electrons. The summed E-state index contributed by atoms with van der Waals surface area (Å²) in [5.41, 5.74) is 5.52. The minimum absolute atomic E-state index is 0.0202. The van der Waals surface area contributed by atoms with Crippen LogP contribution in [0.4, 0.5) is 20.6 Å². The molecular weight excluding hydrogens is 499 g/mol. The number of nitrogens with one attached hydrogen (secondary N) is 3. The van der Waals surface area contributed by atoms with Crippen molar-refractivity contribution in [3.63, 3.8) is 0 Å². The van der Waals surface area contributed by atoms with Crippen LogP contribution in [0.25, 0.3) is 33.5 Å². The van der Waals surface area contributed by atoms with Gasteiger partial charge in [-0.05, 0) is 73.9 Å². The Balaban J connectivity index is 1.26. The predicted molar refractivity (Wildman–Crippen MR) is 146 cm³/mol. The normalized spacial score (nSPS) is 12.9. The maximum atomic E-state index is 15.1. The number of amides is 3. The van der Waals surface area contributed by atoms with Crippen LogP contribution in [-0.2, 0) is 12.1 Å². The second-order valence-electron chi connectivity index (χ2n) is 10.3. The summed E-state index contributed by atoms with van der Waals surface area (Å²) in [6, 6.07) is 14.8. The summed E-state index contributed by atoms with van der Waals surface area (Å²) in [4.78, 5) is 29.2. The highest BCUT2D eigenvalue weighted by molar-refractivity contribution is 6.03. The monoisotopic (exact) mass is 524 g/mol. The van der Waals surface area contributed by atoms with E-state index in [2.05, 4.69) is 20.9 Å². The number of halogens is 1. The lowest BCUT2D eigenvalue weighted by Crippen LogP contribution is -2.22. The first-order valence-corrected chi connectivity index (χ1v) is 12.4. The van der Waals surface area contributed by atoms with E-state index in [-0.39, 0.29) is 17.1 Å². The van der Waals surface area contributed by atoms with Crippen LogP contribution in [0.2, 0.25) is 0 Å². The molecule has 3 N–H and O–H groups in total. The Morgan fingerprint density at radius 1 is 1.03 bits per heavy atom. The fraction of sp³-hybridized carbons (Fsp3) is 0.172. The van der Waals surface area contributed by atoms with Gasteiger partial charge in [0.1, 0.15) is 17.0 Å². The van der Waals surface area contributed by atoms with Gasteiger partial charge in [0.25, 0.3) is 5.91 Å². The molecule has 2 aromatic heterocycles. The Bertz CT molecular complexity index is 1760. The molecule has 1 aliphatic rings. The Morgan fingerprint density at radius 2 is 1.79 bits per heavy atom. The average molecular weight is 525 g/mol. The first kappa shape index (κ1) is 24.4. The number of anilines is 2. The molecule has 1 aliphatic heterocycles. The molecule has 0 unspecified atom stereocenters. The number of carbonyl (C=O) groups is 2. The van der Waals surface area contributed by atoms with Gasteiger partial charge in [0.15, 0.2) is 12.0 Å². The van der Waals surface area contributed by atoms with Gasteiger partial charge in [0, 0.05) is 23.9 Å². The molecule has 0 saturated carbocycles. The molecular formula is C29H25FN6O3. The van der Waals surface area contributed by atoms with Gasteiger partial charge in [-0.2, -0.15) is 5.10 Å². The molecule has 39 heavy (non-hydrogen) atoms. The van der Waals surface area contributed by atoms with Gasteiger partial charge in [-0.3, -0.25) is 9.48 Å². The van der Waals surface area contributed by atoms with Gasteiger partial charge in [0.2, 0.25) is 0 Å². The molecule has 6 rings (SSSR count). The van der Waals surface area contributed by atoms with E-state index in [4.69, 9.17) is 9.52 Å². The van der Waals surface area contributed by atoms with Gasteiger partial charge in [-0.25, -0.2) is 14.2 Å². The lowest BCUT2D eigenvalue weighted by Gasteiger charge is -2.18. The summed E-state index contributed by atoms with van der Waals surface area (Å²) in [6.45, 7) is 6.39. The number of hydrogen-bond acceptors (Lipinski definition) is 5. The van der Waals surface area contributed by atoms with E-state index in [1.807, 2.05) is 39.0 Å². The third-order valence-corrected chi connectivity index (χ3v) is 6.63. The third-order valence-electron chi connectivity index (χ3n) is 6.63. The van der Waals surface area contributed by atoms with Crippen LogP contribution in [0.5, 0.6) is 0 Å². The van der Waals surface area contributed by atoms with Crippen molar-refractivity contribution < 1.29 is 18.4 Å². The summed E-state index contributed by atoms with van der Waals surface area (Å²) in [5, 5.41) is 12.9. The zero-order valence-corrected chi connectivity index (χ0v) is 21.5. The zero-order valence-electron chi connectivity index (χ0n) is 21.5. The summed E-state index contributed by atoms with van der Waals surface area (Å²) < 4.78 is 22.2. The molecule has 0 spiro atoms. The summed E-state index contributed by atoms with van der Waals surface area (Å²) in [5.74, 6) is -0.739. The number of rotatable bonds is 4. The molecule has 0 atom stereocenters. The van der Waals surface area contributed by atoms with E-state index >= 15 is 4.39 Å². The van der Waals surface area contributed by atoms with E-state index in [0.29, 0.717) is 40.2 Å². The van der Waals surface area contributed by atoms with Crippen LogP contribution in [0, 0.1) is 5.82 Å². The van der Waals surface area contributed by atoms with Crippen LogP contribution in [0.1, 0.15) is 36.7 Å². The summed E-state index contributed by atoms with van der Waals surface area (Å²) in [6.07, 6.45) is 3.11. The molecule has 3 amide bonds. The molecule has 0 radical (unpaired) electrons. The predicted octanol–water partition coefficient (Wildman–Crippen LogP) is 6.14. The van der Waals surface area contributed by atoms with Crippen molar-refractivity contribution in [3.8, 4) is 22.4 Å². The molecule has 0 aliphatic carbocycles. The Labute approximate surface area is 223 Å². The van der Waals surface area contributed by atoms with Crippen molar-refractivity contribution in [3.05, 3.63) is 84.1 Å². The molecule has 5 aromatic rings. The van der Waals surface area contributed by atoms with Crippen LogP contribution >= 0.6 is 0 Å². The average Bonchev–Trinajstić information content (AvgIpc) is 3.63. The molecule has 9 nitrogen and oxygen atoms in total. The van der Waals surface area contributed by atoms with Gasteiger partial charge >= 0.3 is 6.03 Å². The number of benzene rings is 3. The second kappa shape index (κ2) is 9.09. The van der Waals surface area contributed by atoms with Crippen molar-refractivity contribution in [1.82, 2.24) is 20.1 Å². The lowest BCUT2D eigenvalue weighted by atomic mass is 9.96. The van der Waals surface area contributed by atoms with Gasteiger partial charge in [0.05, 0.1) is 16.9 Å². The number of carbonyl (C=O) groups excluding carboxylic acids is 2. The fourth-order valence-corrected chi connectivity index (χ4v) is 4.61. The standard InChI is InChI=1S/C29H25FN6O3/c1-29(2,3)36-14-24(26(35-36)17-8-10-25-23(12-17)32-15-39-25)34-28(38)33-22-9-7-16(11-21(22)30)18-5-4-6-19-20(18)13-31-27(19)37/h4-12,14-15H,13H2,1-3H3,(H,31,37)(H2,33,34,38). The van der Waals surface area contributed by atoms with Crippen LogP contribution in [0.15, 0.2) is 71.6 Å². The Kier molecular flexibility index (Phi) is 5.67. The first-order chi connectivity index (χ1) is 18.7. The number of urea groups is 1. The topological polar surface area (TPSA) is 114 Å². The summed E-state index contributed by atoms with van der Waals surface area (Å²) >= 11 is 0. The van der Waals surface area contributed by atoms with Crippen LogP contribution in [0.3, 0.4) is 0 Å². The number of aromatic nitrogens is 3. The second-order valence-corrected chi connectivity index (χ2v) is 10.3. The van der Waals surface area contributed by atoms with Crippen molar-refractivity contribution in [2.75, 3.05) is 10.6 Å². The molecule has 3 heterocycles. The largest absolute Gasteiger partial charge is 0.443 e. The molecule has 0 saturated heterocycles. The maximum absolute atomic E-state index is 15.1. The Morgan fingerprint density at radius 3 is 2.59 bits per heavy atom. The maximum Gasteiger partial charge on any atom is 0.323 e. The number of hydrogen-bond donors (Lipinski definition) is 3. The van der Waals surface area contributed by atoms with Crippen LogP contribution in [-0.4, -0.2) is 26.7 Å². The smallest absolute Gasteiger partial charge is 0.323 e. The third kappa shape index (κ3) is 4.50. The first-order valence-electron chi connectivity index (χ1n) is 12.4. The summed E-state index contributed by atoms with van der Waals surface area (Å²) in [7, 11) is 0. The van der Waals surface area contributed by atoms with Crippen molar-refractivity contribution in [2.45, 2.75) is 32.9 Å². The van der Waals surface area contributed by atoms with E-state index < -0.39 is 11.8 Å². The quantitative estimate of drug-likeness (QED) is 0.261. The highest BCUT2D eigenvalue weighted by Crippen LogP contribution is 2.33. The van der Waals surface area contributed by atoms with Crippen molar-refractivity contribution in [2.24, 2.45) is 0 Å². The van der Waals surface area contributed by atoms with Gasteiger partial charge in [-0.1, -0.05) is 18.2 Å². The molecule has 0 bridgehead atoms. The highest BCUT2D eigenvalue weighted by atomic mass is 19.1. The van der Waals surface area contributed by atoms with E-state index in [0.717, 1.165) is 16.7 Å². The molecule has 0 fully saturated rings. The lowest BCUT2D eigenvalue weighted by molar-refractivity contribution is 0.0965. The molecule has 10 heteroatoms. The van der Waals surface area contributed by atoms with Gasteiger partial charge < -0.3 is 20.4 Å². The van der Waals surface area contributed by atoms with Crippen molar-refractivity contribution in [1.29, 1.82) is 0 Å². The van der Waals surface area contributed by atoms with Crippen LogP contribution < -0.4 is 16.0 Å². The van der Waals surface area contributed by atoms with E-state index in [9.17, 15) is 9.59 Å². The zero-order chi connectivity index (χ0) is 27.3. The number of oxazole rings is 1. The SMILES string of the molecule is CC(C)(C)n1cc(NC(=O)Nc2ccc(-c3cccc4c3CNC4=O)cc2F)c(-c2ccc3ocnc3c2)n1. The number of fused-ring (bicyclic) bond motifs is 2.